The van der Waals surface area contributed by atoms with Crippen LogP contribution in [0, 0.1) is 5.82 Å². The average molecular weight is 436 g/mol. The van der Waals surface area contributed by atoms with E-state index in [0.29, 0.717) is 12.6 Å². The van der Waals surface area contributed by atoms with Crippen LogP contribution >= 0.6 is 11.3 Å². The lowest BCUT2D eigenvalue weighted by atomic mass is 10.1. The van der Waals surface area contributed by atoms with Gasteiger partial charge in [-0.1, -0.05) is 18.2 Å². The van der Waals surface area contributed by atoms with E-state index in [1.807, 2.05) is 23.7 Å². The summed E-state index contributed by atoms with van der Waals surface area (Å²) >= 11 is 1.57. The summed E-state index contributed by atoms with van der Waals surface area (Å²) in [6.45, 7) is 2.32. The molecule has 2 aliphatic rings. The van der Waals surface area contributed by atoms with Crippen molar-refractivity contribution in [3.63, 3.8) is 0 Å². The number of ether oxygens (including phenoxy) is 1. The van der Waals surface area contributed by atoms with E-state index in [1.165, 1.54) is 23.4 Å². The third kappa shape index (κ3) is 4.29. The maximum Gasteiger partial charge on any atom is 0.311 e. The number of aliphatic imine (C=N–C) groups is 2. The van der Waals surface area contributed by atoms with Crippen LogP contribution < -0.4 is 10.2 Å². The molecule has 0 spiro atoms. The first-order chi connectivity index (χ1) is 15.2. The summed E-state index contributed by atoms with van der Waals surface area (Å²) in [4.78, 5) is 15.6. The number of nitrogens with zero attached hydrogens (tertiary/aromatic N) is 4. The zero-order chi connectivity index (χ0) is 21.2. The van der Waals surface area contributed by atoms with Crippen molar-refractivity contribution < 1.29 is 9.13 Å². The van der Waals surface area contributed by atoms with Crippen LogP contribution in [0.25, 0.3) is 0 Å². The summed E-state index contributed by atoms with van der Waals surface area (Å²) in [5, 5.41) is 6.31. The molecule has 1 aromatic heterocycles. The van der Waals surface area contributed by atoms with E-state index in [-0.39, 0.29) is 11.7 Å². The van der Waals surface area contributed by atoms with E-state index in [0.717, 1.165) is 41.6 Å². The minimum absolute atomic E-state index is 0.0666. The van der Waals surface area contributed by atoms with Crippen LogP contribution in [0.2, 0.25) is 0 Å². The van der Waals surface area contributed by atoms with Crippen LogP contribution in [0.3, 0.4) is 0 Å². The zero-order valence-corrected chi connectivity index (χ0v) is 17.9. The predicted molar refractivity (Wildman–Crippen MR) is 124 cm³/mol. The number of aromatic nitrogens is 1. The second kappa shape index (κ2) is 8.47. The third-order valence-electron chi connectivity index (χ3n) is 5.49. The van der Waals surface area contributed by atoms with E-state index in [1.54, 1.807) is 18.4 Å². The molecule has 2 aromatic carbocycles. The van der Waals surface area contributed by atoms with Crippen LogP contribution in [0.5, 0.6) is 0 Å². The number of amidine groups is 1. The lowest BCUT2D eigenvalue weighted by Crippen LogP contribution is -2.19. The molecule has 31 heavy (non-hydrogen) atoms. The molecule has 1 unspecified atom stereocenters. The lowest BCUT2D eigenvalue weighted by molar-refractivity contribution is 0.393. The quantitative estimate of drug-likeness (QED) is 0.628. The van der Waals surface area contributed by atoms with Gasteiger partial charge in [0.25, 0.3) is 0 Å². The van der Waals surface area contributed by atoms with Gasteiger partial charge in [0, 0.05) is 36.1 Å². The zero-order valence-electron chi connectivity index (χ0n) is 17.1. The van der Waals surface area contributed by atoms with Gasteiger partial charge in [-0.25, -0.2) is 19.4 Å². The Bertz CT molecular complexity index is 1140. The molecule has 2 aliphatic heterocycles. The van der Waals surface area contributed by atoms with E-state index >= 15 is 0 Å². The summed E-state index contributed by atoms with van der Waals surface area (Å²) in [6.07, 6.45) is 2.86. The molecule has 0 bridgehead atoms. The van der Waals surface area contributed by atoms with Crippen molar-refractivity contribution in [1.82, 2.24) is 4.98 Å². The molecule has 0 radical (unpaired) electrons. The number of anilines is 3. The van der Waals surface area contributed by atoms with Gasteiger partial charge < -0.3 is 15.0 Å². The van der Waals surface area contributed by atoms with Crippen LogP contribution in [0.4, 0.5) is 20.9 Å². The largest absolute Gasteiger partial charge is 0.467 e. The average Bonchev–Trinajstić information content (AvgIpc) is 3.43. The van der Waals surface area contributed by atoms with Gasteiger partial charge in [-0.15, -0.1) is 11.3 Å². The minimum atomic E-state index is -0.203. The molecule has 5 rings (SSSR count). The molecule has 8 heteroatoms. The fourth-order valence-electron chi connectivity index (χ4n) is 3.84. The summed E-state index contributed by atoms with van der Waals surface area (Å²) in [5.41, 5.74) is 5.60. The molecule has 0 saturated heterocycles. The summed E-state index contributed by atoms with van der Waals surface area (Å²) in [6, 6.07) is 13.6. The molecule has 0 aliphatic carbocycles. The normalized spacial score (nSPS) is 17.4. The van der Waals surface area contributed by atoms with Gasteiger partial charge >= 0.3 is 6.02 Å². The number of hydrogen-bond donors (Lipinski definition) is 1. The monoisotopic (exact) mass is 435 g/mol. The number of nitrogens with one attached hydrogen (secondary N) is 1. The summed E-state index contributed by atoms with van der Waals surface area (Å²) in [7, 11) is 1.57. The second-order valence-corrected chi connectivity index (χ2v) is 8.41. The van der Waals surface area contributed by atoms with Crippen molar-refractivity contribution in [2.24, 2.45) is 9.98 Å². The number of hydrogen-bond acceptors (Lipinski definition) is 7. The second-order valence-electron chi connectivity index (χ2n) is 7.56. The summed E-state index contributed by atoms with van der Waals surface area (Å²) < 4.78 is 18.3. The summed E-state index contributed by atoms with van der Waals surface area (Å²) in [5.74, 6) is -0.137. The molecule has 0 amide bonds. The van der Waals surface area contributed by atoms with E-state index < -0.39 is 0 Å². The topological polar surface area (TPSA) is 62.1 Å². The van der Waals surface area contributed by atoms with Crippen LogP contribution in [0.15, 0.2) is 57.8 Å². The first-order valence-corrected chi connectivity index (χ1v) is 11.0. The van der Waals surface area contributed by atoms with E-state index in [9.17, 15) is 4.39 Å². The van der Waals surface area contributed by atoms with Crippen molar-refractivity contribution in [3.05, 3.63) is 70.5 Å². The Kier molecular flexibility index (Phi) is 5.38. The number of halogens is 1. The van der Waals surface area contributed by atoms with Crippen LogP contribution in [-0.4, -0.2) is 37.4 Å². The molecular weight excluding hydrogens is 413 g/mol. The Labute approximate surface area is 184 Å². The highest BCUT2D eigenvalue weighted by Crippen LogP contribution is 2.34. The van der Waals surface area contributed by atoms with E-state index in [2.05, 4.69) is 38.4 Å². The number of methoxy groups -OCH3 is 1. The Balaban J connectivity index is 1.28. The van der Waals surface area contributed by atoms with Gasteiger partial charge in [0.2, 0.25) is 0 Å². The molecule has 1 N–H and O–H groups in total. The minimum Gasteiger partial charge on any atom is -0.467 e. The van der Waals surface area contributed by atoms with Crippen molar-refractivity contribution in [2.45, 2.75) is 18.9 Å². The highest BCUT2D eigenvalue weighted by molar-refractivity contribution is 7.13. The Morgan fingerprint density at radius 1 is 1.23 bits per heavy atom. The fraction of sp³-hybridized carbons (Fsp3) is 0.261. The molecule has 0 fully saturated rings. The van der Waals surface area contributed by atoms with Gasteiger partial charge in [-0.2, -0.15) is 0 Å². The molecule has 1 atom stereocenters. The molecule has 158 valence electrons. The fourth-order valence-corrected chi connectivity index (χ4v) is 4.64. The van der Waals surface area contributed by atoms with Crippen molar-refractivity contribution in [3.8, 4) is 0 Å². The highest BCUT2D eigenvalue weighted by Gasteiger charge is 2.21. The maximum absolute atomic E-state index is 13.2. The molecule has 3 aromatic rings. The number of thiazole rings is 1. The van der Waals surface area contributed by atoms with Crippen molar-refractivity contribution in [2.75, 3.05) is 30.4 Å². The van der Waals surface area contributed by atoms with Crippen LogP contribution in [0.1, 0.15) is 22.7 Å². The lowest BCUT2D eigenvalue weighted by Gasteiger charge is -2.20. The predicted octanol–water partition coefficient (Wildman–Crippen LogP) is 4.76. The molecule has 0 saturated carbocycles. The molecule has 3 heterocycles. The van der Waals surface area contributed by atoms with Gasteiger partial charge in [0.05, 0.1) is 25.3 Å². The van der Waals surface area contributed by atoms with Gasteiger partial charge in [-0.05, 0) is 41.8 Å². The van der Waals surface area contributed by atoms with Crippen molar-refractivity contribution >= 4 is 40.1 Å². The number of rotatable bonds is 5. The Hall–Kier alpha value is -3.26. The standard InChI is InChI=1S/C23H22FN5OS/c1-30-22-25-11-17(12-26-22)20-14-31-23(28-20)27-19-7-4-16-8-9-29(21(16)10-19)13-15-2-5-18(24)6-3-15/h2-7,10-11,14,17H,8-9,12-13H2,1H3,(H,27,28). The maximum atomic E-state index is 13.2. The molecular formula is C23H22FN5OS. The highest BCUT2D eigenvalue weighted by atomic mass is 32.1. The SMILES string of the molecule is COC1=NCC(c2csc(Nc3ccc4c(c3)N(Cc3ccc(F)cc3)CC4)n2)C=N1. The molecule has 6 nitrogen and oxygen atoms in total. The van der Waals surface area contributed by atoms with E-state index in [4.69, 9.17) is 9.72 Å². The first kappa shape index (κ1) is 19.7. The van der Waals surface area contributed by atoms with Gasteiger partial charge in [-0.3, -0.25) is 0 Å². The Morgan fingerprint density at radius 2 is 2.10 bits per heavy atom. The van der Waals surface area contributed by atoms with Crippen LogP contribution in [-0.2, 0) is 17.7 Å². The number of benzene rings is 2. The first-order valence-electron chi connectivity index (χ1n) is 10.2. The third-order valence-corrected chi connectivity index (χ3v) is 6.26. The smallest absolute Gasteiger partial charge is 0.311 e. The Morgan fingerprint density at radius 3 is 2.87 bits per heavy atom. The van der Waals surface area contributed by atoms with Gasteiger partial charge in [0.15, 0.2) is 5.13 Å². The van der Waals surface area contributed by atoms with Gasteiger partial charge in [0.1, 0.15) is 5.82 Å². The van der Waals surface area contributed by atoms with Crippen molar-refractivity contribution in [1.29, 1.82) is 0 Å². The number of fused-ring (bicyclic) bond motifs is 1.